The fraction of sp³-hybridized carbons (Fsp3) is 0.381. The van der Waals surface area contributed by atoms with Gasteiger partial charge in [0, 0.05) is 12.8 Å². The van der Waals surface area contributed by atoms with Crippen LogP contribution in [0.25, 0.3) is 0 Å². The minimum Gasteiger partial charge on any atom is -0.491 e. The molecule has 0 unspecified atom stereocenters. The monoisotopic (exact) mass is 339 g/mol. The normalized spacial score (nSPS) is 15.7. The summed E-state index contributed by atoms with van der Waals surface area (Å²) in [5, 5.41) is 3.10. The van der Waals surface area contributed by atoms with E-state index in [1.807, 2.05) is 42.5 Å². The molecule has 4 heteroatoms. The van der Waals surface area contributed by atoms with E-state index in [1.165, 1.54) is 0 Å². The largest absolute Gasteiger partial charge is 0.491 e. The first-order valence-corrected chi connectivity index (χ1v) is 8.83. The molecule has 2 aromatic carbocycles. The van der Waals surface area contributed by atoms with Crippen molar-refractivity contribution in [2.45, 2.75) is 31.1 Å². The Balaban J connectivity index is 1.70. The van der Waals surface area contributed by atoms with Crippen molar-refractivity contribution in [2.24, 2.45) is 0 Å². The van der Waals surface area contributed by atoms with Crippen molar-refractivity contribution in [3.8, 4) is 5.75 Å². The topological polar surface area (TPSA) is 47.6 Å². The van der Waals surface area contributed by atoms with E-state index in [0.29, 0.717) is 13.2 Å². The lowest BCUT2D eigenvalue weighted by molar-refractivity contribution is -0.121. The number of methoxy groups -OCH3 is 1. The maximum atomic E-state index is 13.1. The van der Waals surface area contributed by atoms with Gasteiger partial charge in [-0.05, 0) is 42.7 Å². The quantitative estimate of drug-likeness (QED) is 0.771. The fourth-order valence-corrected chi connectivity index (χ4v) is 3.51. The minimum atomic E-state index is -0.408. The first-order valence-electron chi connectivity index (χ1n) is 8.83. The smallest absolute Gasteiger partial charge is 0.235 e. The highest BCUT2D eigenvalue weighted by Crippen LogP contribution is 2.42. The summed E-state index contributed by atoms with van der Waals surface area (Å²) < 4.78 is 10.5. The summed E-state index contributed by atoms with van der Waals surface area (Å²) in [4.78, 5) is 13.1. The van der Waals surface area contributed by atoms with Gasteiger partial charge in [0.25, 0.3) is 0 Å². The molecule has 0 aliphatic heterocycles. The van der Waals surface area contributed by atoms with Gasteiger partial charge in [-0.1, -0.05) is 43.2 Å². The van der Waals surface area contributed by atoms with E-state index in [9.17, 15) is 4.79 Å². The first-order chi connectivity index (χ1) is 12.2. The number of benzene rings is 2. The van der Waals surface area contributed by atoms with Crippen LogP contribution >= 0.6 is 0 Å². The zero-order valence-electron chi connectivity index (χ0n) is 14.7. The average Bonchev–Trinajstić information content (AvgIpc) is 3.15. The molecule has 0 saturated heterocycles. The van der Waals surface area contributed by atoms with E-state index in [0.717, 1.165) is 42.7 Å². The third-order valence-electron chi connectivity index (χ3n) is 4.89. The van der Waals surface area contributed by atoms with Gasteiger partial charge in [0.1, 0.15) is 12.4 Å². The molecule has 0 atom stereocenters. The summed E-state index contributed by atoms with van der Waals surface area (Å²) >= 11 is 0. The standard InChI is InChI=1S/C21H25NO3/c1-24-15-16-25-19-11-9-18(10-12-19)22-20(23)21(13-5-6-14-21)17-7-3-2-4-8-17/h2-4,7-12H,5-6,13-16H2,1H3,(H,22,23). The Kier molecular flexibility index (Phi) is 5.71. The lowest BCUT2D eigenvalue weighted by atomic mass is 9.78. The number of rotatable bonds is 7. The predicted molar refractivity (Wildman–Crippen MR) is 99.0 cm³/mol. The number of carbonyl (C=O) groups excluding carboxylic acids is 1. The lowest BCUT2D eigenvalue weighted by Crippen LogP contribution is -2.37. The zero-order chi connectivity index (χ0) is 17.5. The molecule has 132 valence electrons. The predicted octanol–water partition coefficient (Wildman–Crippen LogP) is 4.16. The Labute approximate surface area is 149 Å². The SMILES string of the molecule is COCCOc1ccc(NC(=O)C2(c3ccccc3)CCCC2)cc1. The van der Waals surface area contributed by atoms with Crippen molar-refractivity contribution in [2.75, 3.05) is 25.6 Å². The Morgan fingerprint density at radius 3 is 2.32 bits per heavy atom. The van der Waals surface area contributed by atoms with E-state index >= 15 is 0 Å². The molecule has 1 amide bonds. The molecule has 0 radical (unpaired) electrons. The molecular formula is C21H25NO3. The van der Waals surface area contributed by atoms with Crippen LogP contribution in [0.2, 0.25) is 0 Å². The van der Waals surface area contributed by atoms with Crippen LogP contribution in [0.15, 0.2) is 54.6 Å². The second-order valence-corrected chi connectivity index (χ2v) is 6.48. The molecule has 0 bridgehead atoms. The number of ether oxygens (including phenoxy) is 2. The van der Waals surface area contributed by atoms with E-state index in [4.69, 9.17) is 9.47 Å². The van der Waals surface area contributed by atoms with Gasteiger partial charge in [-0.2, -0.15) is 0 Å². The van der Waals surface area contributed by atoms with Gasteiger partial charge in [-0.25, -0.2) is 0 Å². The molecule has 4 nitrogen and oxygen atoms in total. The summed E-state index contributed by atoms with van der Waals surface area (Å²) in [5.74, 6) is 0.859. The van der Waals surface area contributed by atoms with Gasteiger partial charge in [-0.3, -0.25) is 4.79 Å². The van der Waals surface area contributed by atoms with Gasteiger partial charge in [-0.15, -0.1) is 0 Å². The summed E-state index contributed by atoms with van der Waals surface area (Å²) in [6, 6.07) is 17.6. The highest BCUT2D eigenvalue weighted by Gasteiger charge is 2.42. The number of hydrogen-bond donors (Lipinski definition) is 1. The summed E-state index contributed by atoms with van der Waals surface area (Å²) in [6.45, 7) is 1.07. The molecule has 1 aliphatic rings. The Morgan fingerprint density at radius 1 is 1.00 bits per heavy atom. The second-order valence-electron chi connectivity index (χ2n) is 6.48. The molecule has 1 fully saturated rings. The van der Waals surface area contributed by atoms with E-state index < -0.39 is 5.41 Å². The highest BCUT2D eigenvalue weighted by atomic mass is 16.5. The Hall–Kier alpha value is -2.33. The Morgan fingerprint density at radius 2 is 1.68 bits per heavy atom. The number of nitrogens with one attached hydrogen (secondary N) is 1. The summed E-state index contributed by atoms with van der Waals surface area (Å²) in [7, 11) is 1.65. The zero-order valence-corrected chi connectivity index (χ0v) is 14.7. The molecule has 0 aromatic heterocycles. The number of amides is 1. The molecule has 25 heavy (non-hydrogen) atoms. The van der Waals surface area contributed by atoms with E-state index in [1.54, 1.807) is 7.11 Å². The van der Waals surface area contributed by atoms with Gasteiger partial charge in [0.2, 0.25) is 5.91 Å². The number of hydrogen-bond acceptors (Lipinski definition) is 3. The first kappa shape index (κ1) is 17.5. The molecule has 1 saturated carbocycles. The fourth-order valence-electron chi connectivity index (χ4n) is 3.51. The molecule has 0 spiro atoms. The highest BCUT2D eigenvalue weighted by molar-refractivity contribution is 5.99. The van der Waals surface area contributed by atoms with Crippen LogP contribution in [0, 0.1) is 0 Å². The van der Waals surface area contributed by atoms with Crippen molar-refractivity contribution in [1.29, 1.82) is 0 Å². The number of carbonyl (C=O) groups is 1. The van der Waals surface area contributed by atoms with Crippen LogP contribution in [-0.4, -0.2) is 26.2 Å². The average molecular weight is 339 g/mol. The third kappa shape index (κ3) is 4.02. The van der Waals surface area contributed by atoms with Crippen molar-refractivity contribution in [3.05, 3.63) is 60.2 Å². The van der Waals surface area contributed by atoms with Gasteiger partial charge in [0.15, 0.2) is 0 Å². The van der Waals surface area contributed by atoms with Gasteiger partial charge < -0.3 is 14.8 Å². The van der Waals surface area contributed by atoms with Crippen molar-refractivity contribution < 1.29 is 14.3 Å². The maximum Gasteiger partial charge on any atom is 0.235 e. The lowest BCUT2D eigenvalue weighted by Gasteiger charge is -2.28. The van der Waals surface area contributed by atoms with Crippen LogP contribution in [-0.2, 0) is 14.9 Å². The van der Waals surface area contributed by atoms with Crippen molar-refractivity contribution in [3.63, 3.8) is 0 Å². The van der Waals surface area contributed by atoms with Gasteiger partial charge >= 0.3 is 0 Å². The van der Waals surface area contributed by atoms with Crippen LogP contribution in [0.5, 0.6) is 5.75 Å². The Bertz CT molecular complexity index is 676. The van der Waals surface area contributed by atoms with Crippen LogP contribution in [0.3, 0.4) is 0 Å². The summed E-state index contributed by atoms with van der Waals surface area (Å²) in [5.41, 5.74) is 1.50. The van der Waals surface area contributed by atoms with Crippen LogP contribution in [0.1, 0.15) is 31.2 Å². The number of anilines is 1. The molecule has 1 aliphatic carbocycles. The van der Waals surface area contributed by atoms with E-state index in [-0.39, 0.29) is 5.91 Å². The molecular weight excluding hydrogens is 314 g/mol. The second kappa shape index (κ2) is 8.17. The van der Waals surface area contributed by atoms with Crippen LogP contribution in [0.4, 0.5) is 5.69 Å². The molecule has 3 rings (SSSR count). The minimum absolute atomic E-state index is 0.0873. The molecule has 0 heterocycles. The van der Waals surface area contributed by atoms with Crippen LogP contribution < -0.4 is 10.1 Å². The maximum absolute atomic E-state index is 13.1. The van der Waals surface area contributed by atoms with Crippen molar-refractivity contribution in [1.82, 2.24) is 0 Å². The van der Waals surface area contributed by atoms with Crippen molar-refractivity contribution >= 4 is 11.6 Å². The van der Waals surface area contributed by atoms with Gasteiger partial charge in [0.05, 0.1) is 12.0 Å². The molecule has 1 N–H and O–H groups in total. The van der Waals surface area contributed by atoms with E-state index in [2.05, 4.69) is 17.4 Å². The molecule has 2 aromatic rings. The summed E-state index contributed by atoms with van der Waals surface area (Å²) in [6.07, 6.45) is 3.99. The third-order valence-corrected chi connectivity index (χ3v) is 4.89.